The molecule has 0 aliphatic heterocycles. The Hall–Kier alpha value is -0.870. The minimum Gasteiger partial charge on any atom is -0.395 e. The number of imidazole rings is 1. The molecule has 4 heteroatoms. The number of rotatable bonds is 5. The highest BCUT2D eigenvalue weighted by Crippen LogP contribution is 2.35. The molecule has 0 amide bonds. The molecule has 4 nitrogen and oxygen atoms in total. The van der Waals surface area contributed by atoms with Gasteiger partial charge in [0.1, 0.15) is 0 Å². The van der Waals surface area contributed by atoms with E-state index in [0.717, 1.165) is 6.54 Å². The lowest BCUT2D eigenvalue weighted by Crippen LogP contribution is -2.29. The lowest BCUT2D eigenvalue weighted by molar-refractivity contribution is 0.250. The van der Waals surface area contributed by atoms with Crippen molar-refractivity contribution in [3.8, 4) is 0 Å². The van der Waals surface area contributed by atoms with Crippen LogP contribution in [0.5, 0.6) is 0 Å². The highest BCUT2D eigenvalue weighted by molar-refractivity contribution is 5.03. The Morgan fingerprint density at radius 1 is 1.71 bits per heavy atom. The van der Waals surface area contributed by atoms with Gasteiger partial charge in [0.15, 0.2) is 0 Å². The minimum atomic E-state index is 0.151. The molecule has 0 saturated heterocycles. The zero-order valence-corrected chi connectivity index (χ0v) is 8.48. The first kappa shape index (κ1) is 9.68. The average molecular weight is 195 g/mol. The zero-order chi connectivity index (χ0) is 9.97. The summed E-state index contributed by atoms with van der Waals surface area (Å²) in [5.41, 5.74) is 1.22. The normalized spacial score (nSPS) is 18.4. The van der Waals surface area contributed by atoms with Gasteiger partial charge in [0.2, 0.25) is 0 Å². The summed E-state index contributed by atoms with van der Waals surface area (Å²) < 4.78 is 2.23. The van der Waals surface area contributed by atoms with Crippen molar-refractivity contribution in [1.29, 1.82) is 0 Å². The number of aliphatic hydroxyl groups is 1. The number of hydrogen-bond donors (Lipinski definition) is 2. The third-order valence-electron chi connectivity index (χ3n) is 2.59. The van der Waals surface area contributed by atoms with E-state index in [1.807, 2.05) is 19.4 Å². The summed E-state index contributed by atoms with van der Waals surface area (Å²) >= 11 is 0. The Balaban J connectivity index is 1.91. The predicted molar refractivity (Wildman–Crippen MR) is 53.9 cm³/mol. The van der Waals surface area contributed by atoms with Crippen molar-refractivity contribution < 1.29 is 5.11 Å². The first-order chi connectivity index (χ1) is 6.81. The van der Waals surface area contributed by atoms with Crippen LogP contribution in [0.25, 0.3) is 0 Å². The molecular weight excluding hydrogens is 178 g/mol. The lowest BCUT2D eigenvalue weighted by atomic mass is 10.3. The molecule has 1 heterocycles. The Morgan fingerprint density at radius 3 is 3.14 bits per heavy atom. The van der Waals surface area contributed by atoms with E-state index in [-0.39, 0.29) is 12.6 Å². The van der Waals surface area contributed by atoms with Crippen LogP contribution in [0.1, 0.15) is 31.5 Å². The van der Waals surface area contributed by atoms with Crippen LogP contribution in [0, 0.1) is 0 Å². The third-order valence-corrected chi connectivity index (χ3v) is 2.59. The minimum absolute atomic E-state index is 0.151. The predicted octanol–water partition coefficient (Wildman–Crippen LogP) is 0.688. The molecule has 1 aliphatic carbocycles. The van der Waals surface area contributed by atoms with E-state index in [9.17, 15) is 0 Å². The van der Waals surface area contributed by atoms with Gasteiger partial charge in [0.05, 0.1) is 18.6 Å². The summed E-state index contributed by atoms with van der Waals surface area (Å²) in [6.45, 7) is 2.94. The molecule has 78 valence electrons. The Morgan fingerprint density at radius 2 is 2.50 bits per heavy atom. The van der Waals surface area contributed by atoms with E-state index in [4.69, 9.17) is 5.11 Å². The van der Waals surface area contributed by atoms with Gasteiger partial charge in [-0.3, -0.25) is 0 Å². The Kier molecular flexibility index (Phi) is 2.84. The molecule has 2 rings (SSSR count). The molecular formula is C10H17N3O. The van der Waals surface area contributed by atoms with Gasteiger partial charge in [-0.1, -0.05) is 0 Å². The second kappa shape index (κ2) is 4.11. The number of aliphatic hydroxyl groups excluding tert-OH is 1. The highest BCUT2D eigenvalue weighted by atomic mass is 16.3. The van der Waals surface area contributed by atoms with Crippen LogP contribution in [0.4, 0.5) is 0 Å². The molecule has 1 fully saturated rings. The fourth-order valence-corrected chi connectivity index (χ4v) is 1.49. The standard InChI is InChI=1S/C10H17N3O/c1-8(6-14)12-5-10-4-11-7-13(10)9-2-3-9/h4,7-9,12,14H,2-3,5-6H2,1H3/t8-/m1/s1. The van der Waals surface area contributed by atoms with Crippen LogP contribution < -0.4 is 5.32 Å². The molecule has 2 N–H and O–H groups in total. The van der Waals surface area contributed by atoms with Crippen molar-refractivity contribution in [2.24, 2.45) is 0 Å². The molecule has 1 aromatic rings. The lowest BCUT2D eigenvalue weighted by Gasteiger charge is -2.11. The third kappa shape index (κ3) is 2.13. The molecule has 14 heavy (non-hydrogen) atoms. The van der Waals surface area contributed by atoms with E-state index in [1.165, 1.54) is 18.5 Å². The van der Waals surface area contributed by atoms with E-state index in [0.29, 0.717) is 6.04 Å². The van der Waals surface area contributed by atoms with Crippen molar-refractivity contribution in [3.05, 3.63) is 18.2 Å². The summed E-state index contributed by atoms with van der Waals surface area (Å²) in [4.78, 5) is 4.15. The largest absolute Gasteiger partial charge is 0.395 e. The monoisotopic (exact) mass is 195 g/mol. The van der Waals surface area contributed by atoms with E-state index in [1.54, 1.807) is 0 Å². The number of nitrogens with zero attached hydrogens (tertiary/aromatic N) is 2. The molecule has 0 unspecified atom stereocenters. The second-order valence-corrected chi connectivity index (χ2v) is 3.99. The van der Waals surface area contributed by atoms with E-state index < -0.39 is 0 Å². The molecule has 0 bridgehead atoms. The Labute approximate surface area is 84.0 Å². The number of hydrogen-bond acceptors (Lipinski definition) is 3. The summed E-state index contributed by atoms with van der Waals surface area (Å²) in [7, 11) is 0. The van der Waals surface area contributed by atoms with Gasteiger partial charge in [-0.15, -0.1) is 0 Å². The van der Waals surface area contributed by atoms with Crippen molar-refractivity contribution in [1.82, 2.24) is 14.9 Å². The topological polar surface area (TPSA) is 50.1 Å². The van der Waals surface area contributed by atoms with Gasteiger partial charge < -0.3 is 15.0 Å². The summed E-state index contributed by atoms with van der Waals surface area (Å²) in [6.07, 6.45) is 6.35. The van der Waals surface area contributed by atoms with Crippen molar-refractivity contribution >= 4 is 0 Å². The molecule has 1 aliphatic rings. The molecule has 0 spiro atoms. The number of aromatic nitrogens is 2. The Bertz CT molecular complexity index is 293. The van der Waals surface area contributed by atoms with Gasteiger partial charge in [-0.25, -0.2) is 4.98 Å². The fraction of sp³-hybridized carbons (Fsp3) is 0.700. The fourth-order valence-electron chi connectivity index (χ4n) is 1.49. The van der Waals surface area contributed by atoms with Gasteiger partial charge in [0.25, 0.3) is 0 Å². The van der Waals surface area contributed by atoms with E-state index in [2.05, 4.69) is 14.9 Å². The van der Waals surface area contributed by atoms with Crippen LogP contribution >= 0.6 is 0 Å². The SMILES string of the molecule is C[C@H](CO)NCc1cncn1C1CC1. The number of nitrogens with one attached hydrogen (secondary N) is 1. The van der Waals surface area contributed by atoms with Crippen LogP contribution in [0.15, 0.2) is 12.5 Å². The molecule has 1 atom stereocenters. The maximum Gasteiger partial charge on any atom is 0.0951 e. The van der Waals surface area contributed by atoms with Crippen LogP contribution in [0.2, 0.25) is 0 Å². The summed E-state index contributed by atoms with van der Waals surface area (Å²) in [6, 6.07) is 0.830. The van der Waals surface area contributed by atoms with Gasteiger partial charge in [-0.05, 0) is 19.8 Å². The van der Waals surface area contributed by atoms with Gasteiger partial charge in [0, 0.05) is 24.8 Å². The summed E-state index contributed by atoms with van der Waals surface area (Å²) in [5.74, 6) is 0. The highest BCUT2D eigenvalue weighted by Gasteiger charge is 2.24. The van der Waals surface area contributed by atoms with Gasteiger partial charge >= 0.3 is 0 Å². The van der Waals surface area contributed by atoms with Crippen molar-refractivity contribution in [3.63, 3.8) is 0 Å². The summed E-state index contributed by atoms with van der Waals surface area (Å²) in [5, 5.41) is 12.1. The molecule has 0 aromatic carbocycles. The molecule has 1 saturated carbocycles. The average Bonchev–Trinajstić information content (AvgIpc) is 2.94. The van der Waals surface area contributed by atoms with Gasteiger partial charge in [-0.2, -0.15) is 0 Å². The first-order valence-electron chi connectivity index (χ1n) is 5.16. The quantitative estimate of drug-likeness (QED) is 0.726. The van der Waals surface area contributed by atoms with Crippen LogP contribution in [-0.4, -0.2) is 27.3 Å². The van der Waals surface area contributed by atoms with Crippen LogP contribution in [-0.2, 0) is 6.54 Å². The van der Waals surface area contributed by atoms with Crippen LogP contribution in [0.3, 0.4) is 0 Å². The molecule has 0 radical (unpaired) electrons. The van der Waals surface area contributed by atoms with Crippen molar-refractivity contribution in [2.75, 3.05) is 6.61 Å². The van der Waals surface area contributed by atoms with Crippen molar-refractivity contribution in [2.45, 2.75) is 38.4 Å². The van der Waals surface area contributed by atoms with E-state index >= 15 is 0 Å². The maximum absolute atomic E-state index is 8.87. The second-order valence-electron chi connectivity index (χ2n) is 3.99. The maximum atomic E-state index is 8.87. The smallest absolute Gasteiger partial charge is 0.0951 e. The first-order valence-corrected chi connectivity index (χ1v) is 5.16. The molecule has 1 aromatic heterocycles. The zero-order valence-electron chi connectivity index (χ0n) is 8.48.